The molecule has 0 fully saturated rings. The number of carbonyl (C=O) groups is 1. The van der Waals surface area contributed by atoms with Crippen molar-refractivity contribution in [3.8, 4) is 0 Å². The maximum absolute atomic E-state index is 13.2. The van der Waals surface area contributed by atoms with E-state index < -0.39 is 35.0 Å². The van der Waals surface area contributed by atoms with Crippen LogP contribution in [0.1, 0.15) is 10.5 Å². The summed E-state index contributed by atoms with van der Waals surface area (Å²) in [6.07, 6.45) is 1.24. The summed E-state index contributed by atoms with van der Waals surface area (Å²) in [6, 6.07) is 5.48. The quantitative estimate of drug-likeness (QED) is 0.741. The molecule has 1 aromatic carbocycles. The van der Waals surface area contributed by atoms with Crippen molar-refractivity contribution >= 4 is 26.8 Å². The van der Waals surface area contributed by atoms with Gasteiger partial charge in [-0.25, -0.2) is 31.7 Å². The number of pyridine rings is 1. The van der Waals surface area contributed by atoms with E-state index >= 15 is 0 Å². The molecule has 0 saturated carbocycles. The molecule has 0 aliphatic heterocycles. The number of nitrogens with one attached hydrogen (secondary N) is 1. The predicted octanol–water partition coefficient (Wildman–Crippen LogP) is 0.894. The van der Waals surface area contributed by atoms with E-state index in [0.29, 0.717) is 0 Å². The minimum Gasteiger partial charge on any atom is -0.464 e. The Labute approximate surface area is 136 Å². The van der Waals surface area contributed by atoms with Crippen LogP contribution in [-0.4, -0.2) is 45.5 Å². The Morgan fingerprint density at radius 3 is 2.67 bits per heavy atom. The molecular formula is C14H15F2N3O4S. The van der Waals surface area contributed by atoms with Crippen molar-refractivity contribution in [3.63, 3.8) is 0 Å². The van der Waals surface area contributed by atoms with Gasteiger partial charge in [-0.05, 0) is 12.1 Å². The summed E-state index contributed by atoms with van der Waals surface area (Å²) < 4.78 is 57.5. The molecular weight excluding hydrogens is 344 g/mol. The number of carbonyl (C=O) groups excluding carboxylic acids is 1. The zero-order chi connectivity index (χ0) is 18.0. The highest BCUT2D eigenvalue weighted by Crippen LogP contribution is 2.25. The number of fused-ring (bicyclic) bond motifs is 1. The van der Waals surface area contributed by atoms with Crippen molar-refractivity contribution in [2.75, 3.05) is 20.2 Å². The molecule has 0 spiro atoms. The third-order valence-corrected chi connectivity index (χ3v) is 4.71. The van der Waals surface area contributed by atoms with Gasteiger partial charge in [-0.1, -0.05) is 12.1 Å². The molecule has 0 aliphatic rings. The number of aromatic nitrogens is 1. The minimum absolute atomic E-state index is 0.0701. The van der Waals surface area contributed by atoms with E-state index in [1.807, 2.05) is 4.72 Å². The molecule has 24 heavy (non-hydrogen) atoms. The van der Waals surface area contributed by atoms with Crippen LogP contribution in [0.15, 0.2) is 35.4 Å². The Hall–Kier alpha value is -2.17. The van der Waals surface area contributed by atoms with E-state index in [4.69, 9.17) is 5.73 Å². The third kappa shape index (κ3) is 3.66. The molecule has 2 rings (SSSR count). The standard InChI is InChI=1S/C14H15F2N3O4S/c1-23-13(20)12-10-3-2-4-11(9(10)5-6-18-12)24(21,22)19-8-14(15,16)7-17/h2-6,19H,7-8,17H2,1H3. The number of nitrogens with two attached hydrogens (primary N) is 1. The van der Waals surface area contributed by atoms with Gasteiger partial charge in [0.25, 0.3) is 5.92 Å². The average Bonchev–Trinajstić information content (AvgIpc) is 2.58. The van der Waals surface area contributed by atoms with Crippen LogP contribution < -0.4 is 10.5 Å². The topological polar surface area (TPSA) is 111 Å². The first-order chi connectivity index (χ1) is 11.2. The number of ether oxygens (including phenoxy) is 1. The second-order valence-corrected chi connectivity index (χ2v) is 6.62. The Kier molecular flexibility index (Phi) is 5.11. The third-order valence-electron chi connectivity index (χ3n) is 3.25. The van der Waals surface area contributed by atoms with Crippen LogP contribution in [0, 0.1) is 0 Å². The molecule has 0 bridgehead atoms. The van der Waals surface area contributed by atoms with Gasteiger partial charge in [-0.3, -0.25) is 0 Å². The van der Waals surface area contributed by atoms with Crippen LogP contribution in [-0.2, 0) is 14.8 Å². The summed E-state index contributed by atoms with van der Waals surface area (Å²) in [5.41, 5.74) is 4.82. The molecule has 0 amide bonds. The molecule has 3 N–H and O–H groups in total. The fraction of sp³-hybridized carbons (Fsp3) is 0.286. The van der Waals surface area contributed by atoms with E-state index in [0.717, 1.165) is 0 Å². The highest BCUT2D eigenvalue weighted by atomic mass is 32.2. The average molecular weight is 359 g/mol. The molecule has 2 aromatic rings. The second-order valence-electron chi connectivity index (χ2n) is 4.89. The van der Waals surface area contributed by atoms with Crippen molar-refractivity contribution in [3.05, 3.63) is 36.2 Å². The van der Waals surface area contributed by atoms with E-state index in [1.165, 1.54) is 37.6 Å². The number of hydrogen-bond donors (Lipinski definition) is 2. The van der Waals surface area contributed by atoms with Crippen LogP contribution in [0.4, 0.5) is 8.78 Å². The maximum Gasteiger partial charge on any atom is 0.357 e. The molecule has 0 radical (unpaired) electrons. The summed E-state index contributed by atoms with van der Waals surface area (Å²) in [5, 5.41) is 0.397. The number of rotatable bonds is 6. The van der Waals surface area contributed by atoms with Gasteiger partial charge < -0.3 is 10.5 Å². The van der Waals surface area contributed by atoms with Gasteiger partial charge in [0.1, 0.15) is 0 Å². The van der Waals surface area contributed by atoms with Gasteiger partial charge in [0.15, 0.2) is 5.69 Å². The number of benzene rings is 1. The Morgan fingerprint density at radius 1 is 1.33 bits per heavy atom. The smallest absolute Gasteiger partial charge is 0.357 e. The number of hydrogen-bond acceptors (Lipinski definition) is 6. The van der Waals surface area contributed by atoms with Crippen LogP contribution in [0.5, 0.6) is 0 Å². The lowest BCUT2D eigenvalue weighted by atomic mass is 10.1. The minimum atomic E-state index is -4.24. The van der Waals surface area contributed by atoms with Crippen LogP contribution in [0.2, 0.25) is 0 Å². The fourth-order valence-corrected chi connectivity index (χ4v) is 3.30. The van der Waals surface area contributed by atoms with Gasteiger partial charge in [0.2, 0.25) is 10.0 Å². The van der Waals surface area contributed by atoms with Crippen molar-refractivity contribution in [1.82, 2.24) is 9.71 Å². The van der Waals surface area contributed by atoms with Crippen molar-refractivity contribution < 1.29 is 26.7 Å². The molecule has 0 saturated heterocycles. The number of sulfonamides is 1. The molecule has 0 atom stereocenters. The Bertz CT molecular complexity index is 871. The lowest BCUT2D eigenvalue weighted by molar-refractivity contribution is 0.0170. The first kappa shape index (κ1) is 18.2. The Morgan fingerprint density at radius 2 is 2.04 bits per heavy atom. The van der Waals surface area contributed by atoms with Crippen LogP contribution in [0.3, 0.4) is 0 Å². The summed E-state index contributed by atoms with van der Waals surface area (Å²) in [5.74, 6) is -4.10. The molecule has 0 aliphatic carbocycles. The number of alkyl halides is 2. The molecule has 7 nitrogen and oxygen atoms in total. The van der Waals surface area contributed by atoms with Gasteiger partial charge in [-0.15, -0.1) is 0 Å². The summed E-state index contributed by atoms with van der Waals surface area (Å²) in [4.78, 5) is 15.3. The van der Waals surface area contributed by atoms with Crippen LogP contribution in [0.25, 0.3) is 10.8 Å². The zero-order valence-corrected chi connectivity index (χ0v) is 13.4. The first-order valence-corrected chi connectivity index (χ1v) is 8.24. The first-order valence-electron chi connectivity index (χ1n) is 6.75. The summed E-state index contributed by atoms with van der Waals surface area (Å²) >= 11 is 0. The van der Waals surface area contributed by atoms with E-state index in [9.17, 15) is 22.0 Å². The fourth-order valence-electron chi connectivity index (χ4n) is 2.02. The number of methoxy groups -OCH3 is 1. The van der Waals surface area contributed by atoms with Gasteiger partial charge >= 0.3 is 5.97 Å². The molecule has 10 heteroatoms. The highest BCUT2D eigenvalue weighted by Gasteiger charge is 2.30. The maximum atomic E-state index is 13.2. The van der Waals surface area contributed by atoms with Crippen molar-refractivity contribution in [2.45, 2.75) is 10.8 Å². The molecule has 1 heterocycles. The van der Waals surface area contributed by atoms with E-state index in [2.05, 4.69) is 9.72 Å². The normalized spacial score (nSPS) is 12.3. The predicted molar refractivity (Wildman–Crippen MR) is 82.3 cm³/mol. The van der Waals surface area contributed by atoms with Crippen LogP contribution >= 0.6 is 0 Å². The van der Waals surface area contributed by atoms with Gasteiger partial charge in [-0.2, -0.15) is 0 Å². The van der Waals surface area contributed by atoms with Crippen molar-refractivity contribution in [1.29, 1.82) is 0 Å². The summed E-state index contributed by atoms with van der Waals surface area (Å²) in [6.45, 7) is -2.11. The zero-order valence-electron chi connectivity index (χ0n) is 12.6. The van der Waals surface area contributed by atoms with Gasteiger partial charge in [0, 0.05) is 17.0 Å². The lowest BCUT2D eigenvalue weighted by Crippen LogP contribution is -2.41. The SMILES string of the molecule is COC(=O)c1nccc2c(S(=O)(=O)NCC(F)(F)CN)cccc12. The largest absolute Gasteiger partial charge is 0.464 e. The summed E-state index contributed by atoms with van der Waals surface area (Å²) in [7, 11) is -3.08. The molecule has 0 unspecified atom stereocenters. The monoisotopic (exact) mass is 359 g/mol. The number of halogens is 2. The second kappa shape index (κ2) is 6.75. The molecule has 130 valence electrons. The van der Waals surface area contributed by atoms with Crippen molar-refractivity contribution in [2.24, 2.45) is 5.73 Å². The van der Waals surface area contributed by atoms with Gasteiger partial charge in [0.05, 0.1) is 25.1 Å². The van der Waals surface area contributed by atoms with E-state index in [1.54, 1.807) is 0 Å². The number of esters is 1. The Balaban J connectivity index is 2.51. The lowest BCUT2D eigenvalue weighted by Gasteiger charge is -2.15. The molecule has 1 aromatic heterocycles. The number of nitrogens with zero attached hydrogens (tertiary/aromatic N) is 1. The van der Waals surface area contributed by atoms with E-state index in [-0.39, 0.29) is 21.4 Å². The highest BCUT2D eigenvalue weighted by molar-refractivity contribution is 7.89.